The summed E-state index contributed by atoms with van der Waals surface area (Å²) in [5.74, 6) is -0.823. The van der Waals surface area contributed by atoms with E-state index < -0.39 is 5.97 Å². The van der Waals surface area contributed by atoms with Crippen LogP contribution in [-0.2, 0) is 11.2 Å². The maximum Gasteiger partial charge on any atom is 0.308 e. The maximum atomic E-state index is 11.4. The van der Waals surface area contributed by atoms with Crippen LogP contribution in [0.5, 0.6) is 0 Å². The number of carboxylic acid groups (broad SMARTS) is 1. The summed E-state index contributed by atoms with van der Waals surface area (Å²) in [4.78, 5) is 19.0. The Morgan fingerprint density at radius 3 is 2.65 bits per heavy atom. The normalized spacial score (nSPS) is 11.3. The monoisotopic (exact) mass is 382 g/mol. The SMILES string of the molecule is Cc1ccc(-c2c(CC(=O)O)sc3nc(-c4cccs4)c(C)n23)cc1C. The van der Waals surface area contributed by atoms with Crippen LogP contribution in [0, 0.1) is 20.8 Å². The molecule has 0 aliphatic rings. The van der Waals surface area contributed by atoms with E-state index in [1.807, 2.05) is 11.4 Å². The number of thiazole rings is 1. The number of thiophene rings is 1. The zero-order valence-electron chi connectivity index (χ0n) is 14.7. The molecule has 0 spiro atoms. The third-order valence-corrected chi connectivity index (χ3v) is 6.54. The van der Waals surface area contributed by atoms with Gasteiger partial charge in [-0.15, -0.1) is 22.7 Å². The van der Waals surface area contributed by atoms with Crippen LogP contribution < -0.4 is 0 Å². The number of imidazole rings is 1. The van der Waals surface area contributed by atoms with E-state index in [4.69, 9.17) is 4.98 Å². The lowest BCUT2D eigenvalue weighted by Gasteiger charge is -2.08. The molecule has 0 saturated carbocycles. The first-order valence-electron chi connectivity index (χ1n) is 8.29. The van der Waals surface area contributed by atoms with Crippen LogP contribution in [0.25, 0.3) is 26.8 Å². The molecule has 3 heterocycles. The van der Waals surface area contributed by atoms with Gasteiger partial charge in [0.2, 0.25) is 0 Å². The third kappa shape index (κ3) is 2.75. The molecule has 3 aromatic heterocycles. The number of benzene rings is 1. The highest BCUT2D eigenvalue weighted by Gasteiger charge is 2.22. The van der Waals surface area contributed by atoms with Crippen LogP contribution in [0.2, 0.25) is 0 Å². The molecule has 0 atom stereocenters. The molecule has 0 amide bonds. The Balaban J connectivity index is 2.00. The van der Waals surface area contributed by atoms with Crippen LogP contribution in [0.3, 0.4) is 0 Å². The van der Waals surface area contributed by atoms with Gasteiger partial charge in [-0.1, -0.05) is 18.2 Å². The summed E-state index contributed by atoms with van der Waals surface area (Å²) >= 11 is 3.13. The summed E-state index contributed by atoms with van der Waals surface area (Å²) in [5.41, 5.74) is 6.42. The first-order valence-corrected chi connectivity index (χ1v) is 9.99. The van der Waals surface area contributed by atoms with E-state index in [1.165, 1.54) is 22.5 Å². The van der Waals surface area contributed by atoms with E-state index in [1.54, 1.807) is 11.3 Å². The van der Waals surface area contributed by atoms with Crippen molar-refractivity contribution in [3.05, 3.63) is 57.4 Å². The lowest BCUT2D eigenvalue weighted by Crippen LogP contribution is -2.01. The van der Waals surface area contributed by atoms with Crippen LogP contribution in [0.1, 0.15) is 21.7 Å². The van der Waals surface area contributed by atoms with Gasteiger partial charge in [0.1, 0.15) is 5.69 Å². The Bertz CT molecular complexity index is 1120. The highest BCUT2D eigenvalue weighted by molar-refractivity contribution is 7.17. The minimum absolute atomic E-state index is 0.00403. The van der Waals surface area contributed by atoms with Crippen molar-refractivity contribution >= 4 is 33.6 Å². The second-order valence-electron chi connectivity index (χ2n) is 6.38. The van der Waals surface area contributed by atoms with Crippen LogP contribution >= 0.6 is 22.7 Å². The largest absolute Gasteiger partial charge is 0.481 e. The van der Waals surface area contributed by atoms with Gasteiger partial charge in [0.25, 0.3) is 0 Å². The van der Waals surface area contributed by atoms with Gasteiger partial charge in [-0.2, -0.15) is 0 Å². The molecule has 4 rings (SSSR count). The lowest BCUT2D eigenvalue weighted by molar-refractivity contribution is -0.136. The summed E-state index contributed by atoms with van der Waals surface area (Å²) in [6, 6.07) is 10.4. The van der Waals surface area contributed by atoms with Gasteiger partial charge in [-0.05, 0) is 55.0 Å². The van der Waals surface area contributed by atoms with Crippen molar-refractivity contribution in [3.63, 3.8) is 0 Å². The Morgan fingerprint density at radius 2 is 2.00 bits per heavy atom. The number of hydrogen-bond donors (Lipinski definition) is 1. The number of fused-ring (bicyclic) bond motifs is 1. The Hall–Kier alpha value is -2.44. The average molecular weight is 383 g/mol. The van der Waals surface area contributed by atoms with Crippen LogP contribution in [0.15, 0.2) is 35.7 Å². The Morgan fingerprint density at radius 1 is 1.19 bits per heavy atom. The molecule has 6 heteroatoms. The zero-order valence-corrected chi connectivity index (χ0v) is 16.4. The number of nitrogens with zero attached hydrogens (tertiary/aromatic N) is 2. The first-order chi connectivity index (χ1) is 12.5. The van der Waals surface area contributed by atoms with Crippen molar-refractivity contribution < 1.29 is 9.90 Å². The topological polar surface area (TPSA) is 54.6 Å². The standard InChI is InChI=1S/C20H18N2O2S2/c1-11-6-7-14(9-12(11)2)19-16(10-17(23)24)26-20-21-18(13(3)22(19)20)15-5-4-8-25-15/h4-9H,10H2,1-3H3,(H,23,24). The van der Waals surface area contributed by atoms with Crippen molar-refractivity contribution in [2.24, 2.45) is 0 Å². The molecule has 4 aromatic rings. The van der Waals surface area contributed by atoms with Gasteiger partial charge in [0, 0.05) is 10.6 Å². The Labute approximate surface area is 159 Å². The molecule has 1 N–H and O–H groups in total. The molecule has 0 bridgehead atoms. The van der Waals surface area contributed by atoms with E-state index in [2.05, 4.69) is 49.4 Å². The number of carboxylic acids is 1. The predicted molar refractivity (Wildman–Crippen MR) is 107 cm³/mol. The van der Waals surface area contributed by atoms with E-state index in [-0.39, 0.29) is 6.42 Å². The summed E-state index contributed by atoms with van der Waals surface area (Å²) in [6.45, 7) is 6.21. The number of aliphatic carboxylic acids is 1. The van der Waals surface area contributed by atoms with E-state index in [0.717, 1.165) is 37.4 Å². The van der Waals surface area contributed by atoms with Gasteiger partial charge in [0.05, 0.1) is 17.0 Å². The van der Waals surface area contributed by atoms with Crippen LogP contribution in [0.4, 0.5) is 0 Å². The lowest BCUT2D eigenvalue weighted by atomic mass is 10.0. The highest BCUT2D eigenvalue weighted by atomic mass is 32.1. The van der Waals surface area contributed by atoms with E-state index in [9.17, 15) is 9.90 Å². The molecule has 4 nitrogen and oxygen atoms in total. The van der Waals surface area contributed by atoms with Gasteiger partial charge >= 0.3 is 5.97 Å². The number of hydrogen-bond acceptors (Lipinski definition) is 4. The van der Waals surface area contributed by atoms with E-state index >= 15 is 0 Å². The fourth-order valence-corrected chi connectivity index (χ4v) is 5.12. The molecular weight excluding hydrogens is 364 g/mol. The van der Waals surface area contributed by atoms with Gasteiger partial charge in [0.15, 0.2) is 4.96 Å². The molecule has 0 saturated heterocycles. The van der Waals surface area contributed by atoms with Gasteiger partial charge < -0.3 is 5.11 Å². The van der Waals surface area contributed by atoms with Crippen molar-refractivity contribution in [1.29, 1.82) is 0 Å². The van der Waals surface area contributed by atoms with E-state index in [0.29, 0.717) is 0 Å². The molecule has 0 aliphatic carbocycles. The quantitative estimate of drug-likeness (QED) is 0.518. The number of rotatable bonds is 4. The molecule has 26 heavy (non-hydrogen) atoms. The first kappa shape index (κ1) is 17.0. The third-order valence-electron chi connectivity index (χ3n) is 4.63. The fourth-order valence-electron chi connectivity index (χ4n) is 3.17. The minimum atomic E-state index is -0.823. The number of carbonyl (C=O) groups is 1. The van der Waals surface area contributed by atoms with Gasteiger partial charge in [-0.25, -0.2) is 4.98 Å². The molecule has 0 unspecified atom stereocenters. The highest BCUT2D eigenvalue weighted by Crippen LogP contribution is 2.38. The molecular formula is C20H18N2O2S2. The van der Waals surface area contributed by atoms with Crippen LogP contribution in [-0.4, -0.2) is 20.5 Å². The summed E-state index contributed by atoms with van der Waals surface area (Å²) in [7, 11) is 0. The molecule has 0 radical (unpaired) electrons. The second-order valence-corrected chi connectivity index (χ2v) is 8.39. The fraction of sp³-hybridized carbons (Fsp3) is 0.200. The van der Waals surface area contributed by atoms with Crippen molar-refractivity contribution in [1.82, 2.24) is 9.38 Å². The summed E-state index contributed by atoms with van der Waals surface area (Å²) in [5, 5.41) is 11.4. The minimum Gasteiger partial charge on any atom is -0.481 e. The maximum absolute atomic E-state index is 11.4. The van der Waals surface area contributed by atoms with Crippen molar-refractivity contribution in [2.75, 3.05) is 0 Å². The van der Waals surface area contributed by atoms with Crippen molar-refractivity contribution in [2.45, 2.75) is 27.2 Å². The summed E-state index contributed by atoms with van der Waals surface area (Å²) < 4.78 is 2.11. The number of aromatic nitrogens is 2. The zero-order chi connectivity index (χ0) is 18.4. The van der Waals surface area contributed by atoms with Crippen molar-refractivity contribution in [3.8, 4) is 21.8 Å². The smallest absolute Gasteiger partial charge is 0.308 e. The van der Waals surface area contributed by atoms with Gasteiger partial charge in [-0.3, -0.25) is 9.20 Å². The average Bonchev–Trinajstić information content (AvgIpc) is 3.27. The molecule has 0 aliphatic heterocycles. The summed E-state index contributed by atoms with van der Waals surface area (Å²) in [6.07, 6.45) is 0.00403. The molecule has 132 valence electrons. The molecule has 1 aromatic carbocycles. The predicted octanol–water partition coefficient (Wildman–Crippen LogP) is 5.34. The Kier molecular flexibility index (Phi) is 4.17. The number of aryl methyl sites for hydroxylation is 3. The second kappa shape index (κ2) is 6.37. The molecule has 0 fully saturated rings.